The van der Waals surface area contributed by atoms with Crippen LogP contribution in [-0.2, 0) is 9.53 Å². The van der Waals surface area contributed by atoms with Crippen LogP contribution in [-0.4, -0.2) is 12.6 Å². The van der Waals surface area contributed by atoms with Crippen molar-refractivity contribution in [1.29, 1.82) is 0 Å². The average molecular weight is 236 g/mol. The van der Waals surface area contributed by atoms with E-state index in [1.807, 2.05) is 13.8 Å². The Kier molecular flexibility index (Phi) is 4.55. The molecule has 96 valence electrons. The maximum Gasteiger partial charge on any atom is 0.333 e. The lowest BCUT2D eigenvalue weighted by molar-refractivity contribution is -0.138. The van der Waals surface area contributed by atoms with Crippen LogP contribution in [0.1, 0.15) is 47.5 Å². The van der Waals surface area contributed by atoms with E-state index in [0.717, 1.165) is 12.0 Å². The number of carbonyl (C=O) groups is 1. The molecule has 2 nitrogen and oxygen atoms in total. The van der Waals surface area contributed by atoms with Gasteiger partial charge in [-0.3, -0.25) is 0 Å². The van der Waals surface area contributed by atoms with E-state index in [1.165, 1.54) is 12.0 Å². The first-order chi connectivity index (χ1) is 7.88. The standard InChI is InChI=1S/C15H24O2/c1-6-17-14(16)12(3)10-13-11(2)8-7-9-15(13,4)5/h8,10,13H,6-7,9H2,1-5H3/b12-10-. The molecular weight excluding hydrogens is 212 g/mol. The third-order valence-electron chi connectivity index (χ3n) is 3.60. The molecule has 0 saturated heterocycles. The van der Waals surface area contributed by atoms with Crippen molar-refractivity contribution in [2.45, 2.75) is 47.5 Å². The van der Waals surface area contributed by atoms with Gasteiger partial charge in [-0.25, -0.2) is 4.79 Å². The lowest BCUT2D eigenvalue weighted by atomic mass is 9.68. The molecule has 0 N–H and O–H groups in total. The summed E-state index contributed by atoms with van der Waals surface area (Å²) in [6.45, 7) is 10.8. The molecule has 1 aliphatic rings. The highest BCUT2D eigenvalue weighted by Crippen LogP contribution is 2.42. The summed E-state index contributed by atoms with van der Waals surface area (Å²) in [5.41, 5.74) is 2.32. The second kappa shape index (κ2) is 5.52. The molecule has 0 spiro atoms. The zero-order valence-electron chi connectivity index (χ0n) is 11.7. The predicted octanol–water partition coefficient (Wildman–Crippen LogP) is 3.88. The number of rotatable bonds is 3. The van der Waals surface area contributed by atoms with Crippen molar-refractivity contribution >= 4 is 5.97 Å². The average Bonchev–Trinajstić information content (AvgIpc) is 2.23. The number of esters is 1. The summed E-state index contributed by atoms with van der Waals surface area (Å²) in [4.78, 5) is 11.6. The molecule has 0 aromatic heterocycles. The largest absolute Gasteiger partial charge is 0.463 e. The van der Waals surface area contributed by atoms with Crippen molar-refractivity contribution in [3.05, 3.63) is 23.3 Å². The van der Waals surface area contributed by atoms with E-state index in [0.29, 0.717) is 12.5 Å². The first-order valence-corrected chi connectivity index (χ1v) is 6.40. The summed E-state index contributed by atoms with van der Waals surface area (Å²) >= 11 is 0. The van der Waals surface area contributed by atoms with Crippen molar-refractivity contribution in [3.63, 3.8) is 0 Å². The van der Waals surface area contributed by atoms with Gasteiger partial charge < -0.3 is 4.74 Å². The van der Waals surface area contributed by atoms with Gasteiger partial charge in [-0.1, -0.05) is 31.6 Å². The van der Waals surface area contributed by atoms with E-state index < -0.39 is 0 Å². The smallest absolute Gasteiger partial charge is 0.333 e. The molecule has 0 aromatic carbocycles. The number of hydrogen-bond acceptors (Lipinski definition) is 2. The fourth-order valence-electron chi connectivity index (χ4n) is 2.49. The third kappa shape index (κ3) is 3.45. The van der Waals surface area contributed by atoms with E-state index in [1.54, 1.807) is 0 Å². The Morgan fingerprint density at radius 1 is 1.59 bits per heavy atom. The zero-order valence-corrected chi connectivity index (χ0v) is 11.7. The number of carbonyl (C=O) groups excluding carboxylic acids is 1. The fraction of sp³-hybridized carbons (Fsp3) is 0.667. The number of allylic oxidation sites excluding steroid dienone is 3. The van der Waals surface area contributed by atoms with Crippen LogP contribution in [0.3, 0.4) is 0 Å². The van der Waals surface area contributed by atoms with E-state index >= 15 is 0 Å². The van der Waals surface area contributed by atoms with Gasteiger partial charge in [0.1, 0.15) is 0 Å². The van der Waals surface area contributed by atoms with Crippen LogP contribution in [0.25, 0.3) is 0 Å². The van der Waals surface area contributed by atoms with Crippen LogP contribution in [0.4, 0.5) is 0 Å². The quantitative estimate of drug-likeness (QED) is 0.422. The van der Waals surface area contributed by atoms with Crippen LogP contribution < -0.4 is 0 Å². The molecule has 0 fully saturated rings. The molecule has 0 heterocycles. The molecule has 17 heavy (non-hydrogen) atoms. The first kappa shape index (κ1) is 14.0. The van der Waals surface area contributed by atoms with Gasteiger partial charge in [0, 0.05) is 11.5 Å². The van der Waals surface area contributed by atoms with E-state index in [4.69, 9.17) is 4.74 Å². The molecule has 1 rings (SSSR count). The summed E-state index contributed by atoms with van der Waals surface area (Å²) in [5, 5.41) is 0. The van der Waals surface area contributed by atoms with E-state index in [-0.39, 0.29) is 11.4 Å². The summed E-state index contributed by atoms with van der Waals surface area (Å²) < 4.78 is 5.02. The third-order valence-corrected chi connectivity index (χ3v) is 3.60. The van der Waals surface area contributed by atoms with Crippen LogP contribution in [0, 0.1) is 11.3 Å². The Labute approximate surface area is 105 Å². The normalized spacial score (nSPS) is 24.2. The van der Waals surface area contributed by atoms with Crippen LogP contribution in [0.2, 0.25) is 0 Å². The molecule has 0 aromatic rings. The van der Waals surface area contributed by atoms with Crippen LogP contribution >= 0.6 is 0 Å². The van der Waals surface area contributed by atoms with Gasteiger partial charge in [-0.15, -0.1) is 0 Å². The lowest BCUT2D eigenvalue weighted by Crippen LogP contribution is -2.27. The highest BCUT2D eigenvalue weighted by Gasteiger charge is 2.31. The van der Waals surface area contributed by atoms with E-state index in [9.17, 15) is 4.79 Å². The highest BCUT2D eigenvalue weighted by molar-refractivity contribution is 5.87. The van der Waals surface area contributed by atoms with Crippen molar-refractivity contribution in [3.8, 4) is 0 Å². The Balaban J connectivity index is 2.90. The Morgan fingerprint density at radius 2 is 2.24 bits per heavy atom. The Bertz CT molecular complexity index is 348. The summed E-state index contributed by atoms with van der Waals surface area (Å²) in [7, 11) is 0. The molecular formula is C15H24O2. The maximum atomic E-state index is 11.6. The van der Waals surface area contributed by atoms with Gasteiger partial charge in [0.15, 0.2) is 0 Å². The molecule has 0 bridgehead atoms. The summed E-state index contributed by atoms with van der Waals surface area (Å²) in [5.74, 6) is 0.155. The number of ether oxygens (including phenoxy) is 1. The first-order valence-electron chi connectivity index (χ1n) is 6.40. The van der Waals surface area contributed by atoms with Gasteiger partial charge in [-0.2, -0.15) is 0 Å². The van der Waals surface area contributed by atoms with Gasteiger partial charge in [0.05, 0.1) is 6.61 Å². The molecule has 0 radical (unpaired) electrons. The molecule has 1 unspecified atom stereocenters. The number of hydrogen-bond donors (Lipinski definition) is 0. The lowest BCUT2D eigenvalue weighted by Gasteiger charge is -2.37. The molecule has 1 aliphatic carbocycles. The fourth-order valence-corrected chi connectivity index (χ4v) is 2.49. The summed E-state index contributed by atoms with van der Waals surface area (Å²) in [6.07, 6.45) is 6.66. The van der Waals surface area contributed by atoms with Crippen LogP contribution in [0.5, 0.6) is 0 Å². The van der Waals surface area contributed by atoms with Crippen molar-refractivity contribution in [2.75, 3.05) is 6.61 Å². The summed E-state index contributed by atoms with van der Waals surface area (Å²) in [6, 6.07) is 0. The zero-order chi connectivity index (χ0) is 13.1. The van der Waals surface area contributed by atoms with Crippen LogP contribution in [0.15, 0.2) is 23.3 Å². The topological polar surface area (TPSA) is 26.3 Å². The van der Waals surface area contributed by atoms with Gasteiger partial charge in [0.2, 0.25) is 0 Å². The molecule has 2 heteroatoms. The maximum absolute atomic E-state index is 11.6. The van der Waals surface area contributed by atoms with E-state index in [2.05, 4.69) is 32.9 Å². The minimum absolute atomic E-state index is 0.193. The van der Waals surface area contributed by atoms with Gasteiger partial charge >= 0.3 is 5.97 Å². The molecule has 0 amide bonds. The Morgan fingerprint density at radius 3 is 2.76 bits per heavy atom. The van der Waals surface area contributed by atoms with Crippen molar-refractivity contribution in [2.24, 2.45) is 11.3 Å². The second-order valence-corrected chi connectivity index (χ2v) is 5.52. The van der Waals surface area contributed by atoms with Crippen molar-refractivity contribution < 1.29 is 9.53 Å². The second-order valence-electron chi connectivity index (χ2n) is 5.52. The predicted molar refractivity (Wildman–Crippen MR) is 70.7 cm³/mol. The van der Waals surface area contributed by atoms with Gasteiger partial charge in [0.25, 0.3) is 0 Å². The molecule has 1 atom stereocenters. The highest BCUT2D eigenvalue weighted by atomic mass is 16.5. The molecule has 0 saturated carbocycles. The minimum Gasteiger partial charge on any atom is -0.463 e. The van der Waals surface area contributed by atoms with Crippen molar-refractivity contribution in [1.82, 2.24) is 0 Å². The van der Waals surface area contributed by atoms with Gasteiger partial charge in [-0.05, 0) is 39.0 Å². The molecule has 0 aliphatic heterocycles. The minimum atomic E-state index is -0.193. The SMILES string of the molecule is CCOC(=O)/C(C)=C\C1C(C)=CCCC1(C)C. The Hall–Kier alpha value is -1.05. The monoisotopic (exact) mass is 236 g/mol.